The molecule has 2 aliphatic rings. The van der Waals surface area contributed by atoms with Crippen LogP contribution in [0.15, 0.2) is 0 Å². The molecule has 2 heterocycles. The smallest absolute Gasteiger partial charge is 0.290 e. The fraction of sp³-hybridized carbons (Fsp3) is 0.833. The SMILES string of the molecule is C1CNC2OC2C1.O=CO. The van der Waals surface area contributed by atoms with E-state index >= 15 is 0 Å². The molecule has 0 spiro atoms. The molecule has 58 valence electrons. The van der Waals surface area contributed by atoms with Crippen LogP contribution in [-0.4, -0.2) is 30.5 Å². The Kier molecular flexibility index (Phi) is 2.65. The fourth-order valence-electron chi connectivity index (χ4n) is 1.09. The minimum Gasteiger partial charge on any atom is -0.483 e. The van der Waals surface area contributed by atoms with Crippen LogP contribution in [0.1, 0.15) is 12.8 Å². The maximum atomic E-state index is 8.36. The van der Waals surface area contributed by atoms with Crippen LogP contribution < -0.4 is 5.32 Å². The highest BCUT2D eigenvalue weighted by Crippen LogP contribution is 2.26. The molecule has 0 amide bonds. The lowest BCUT2D eigenvalue weighted by Crippen LogP contribution is -2.25. The highest BCUT2D eigenvalue weighted by molar-refractivity contribution is 5.32. The van der Waals surface area contributed by atoms with Gasteiger partial charge in [0.05, 0.1) is 6.10 Å². The number of hydrogen-bond acceptors (Lipinski definition) is 3. The average molecular weight is 145 g/mol. The first-order valence-corrected chi connectivity index (χ1v) is 3.35. The normalized spacial score (nSPS) is 34.8. The molecule has 0 aromatic rings. The quantitative estimate of drug-likeness (QED) is 0.366. The summed E-state index contributed by atoms with van der Waals surface area (Å²) in [4.78, 5) is 8.36. The van der Waals surface area contributed by atoms with Gasteiger partial charge in [0.15, 0.2) is 0 Å². The predicted octanol–water partition coefficient (Wildman–Crippen LogP) is -0.205. The second kappa shape index (κ2) is 3.53. The van der Waals surface area contributed by atoms with Crippen molar-refractivity contribution in [2.24, 2.45) is 0 Å². The number of rotatable bonds is 0. The van der Waals surface area contributed by atoms with Crippen molar-refractivity contribution in [3.8, 4) is 0 Å². The molecule has 0 aliphatic carbocycles. The van der Waals surface area contributed by atoms with Crippen molar-refractivity contribution in [1.29, 1.82) is 0 Å². The highest BCUT2D eigenvalue weighted by atomic mass is 16.6. The van der Waals surface area contributed by atoms with E-state index in [1.165, 1.54) is 12.8 Å². The van der Waals surface area contributed by atoms with Crippen molar-refractivity contribution in [1.82, 2.24) is 5.32 Å². The van der Waals surface area contributed by atoms with E-state index in [4.69, 9.17) is 14.6 Å². The minimum atomic E-state index is -0.250. The number of carboxylic acid groups (broad SMARTS) is 1. The van der Waals surface area contributed by atoms with Crippen LogP contribution in [0.2, 0.25) is 0 Å². The number of piperidine rings is 1. The van der Waals surface area contributed by atoms with Crippen molar-refractivity contribution in [3.63, 3.8) is 0 Å². The molecular weight excluding hydrogens is 134 g/mol. The molecule has 0 bridgehead atoms. The first kappa shape index (κ1) is 7.50. The van der Waals surface area contributed by atoms with Gasteiger partial charge in [-0.25, -0.2) is 0 Å². The largest absolute Gasteiger partial charge is 0.483 e. The molecule has 2 saturated heterocycles. The fourth-order valence-corrected chi connectivity index (χ4v) is 1.09. The Labute approximate surface area is 59.2 Å². The molecule has 2 atom stereocenters. The van der Waals surface area contributed by atoms with Crippen molar-refractivity contribution >= 4 is 6.47 Å². The zero-order valence-electron chi connectivity index (χ0n) is 5.62. The Hall–Kier alpha value is -0.610. The number of hydrogen-bond donors (Lipinski definition) is 2. The van der Waals surface area contributed by atoms with Crippen LogP contribution in [0.3, 0.4) is 0 Å². The Morgan fingerprint density at radius 2 is 2.40 bits per heavy atom. The maximum Gasteiger partial charge on any atom is 0.290 e. The van der Waals surface area contributed by atoms with Gasteiger partial charge in [0.2, 0.25) is 0 Å². The number of nitrogens with one attached hydrogen (secondary N) is 1. The summed E-state index contributed by atoms with van der Waals surface area (Å²) in [7, 11) is 0. The van der Waals surface area contributed by atoms with Gasteiger partial charge >= 0.3 is 0 Å². The summed E-state index contributed by atoms with van der Waals surface area (Å²) in [5.74, 6) is 0. The third-order valence-electron chi connectivity index (χ3n) is 1.59. The summed E-state index contributed by atoms with van der Waals surface area (Å²) in [5, 5.41) is 10.1. The van der Waals surface area contributed by atoms with Crippen LogP contribution in [-0.2, 0) is 9.53 Å². The molecule has 4 heteroatoms. The molecule has 2 rings (SSSR count). The van der Waals surface area contributed by atoms with Gasteiger partial charge in [-0.1, -0.05) is 0 Å². The van der Waals surface area contributed by atoms with Crippen molar-refractivity contribution in [2.45, 2.75) is 25.2 Å². The van der Waals surface area contributed by atoms with Crippen molar-refractivity contribution in [3.05, 3.63) is 0 Å². The summed E-state index contributed by atoms with van der Waals surface area (Å²) in [5.41, 5.74) is 0. The first-order valence-electron chi connectivity index (χ1n) is 3.35. The number of ether oxygens (including phenoxy) is 1. The van der Waals surface area contributed by atoms with E-state index < -0.39 is 0 Å². The van der Waals surface area contributed by atoms with E-state index in [0.29, 0.717) is 12.3 Å². The van der Waals surface area contributed by atoms with E-state index in [9.17, 15) is 0 Å². The van der Waals surface area contributed by atoms with Gasteiger partial charge in [0.1, 0.15) is 6.23 Å². The Morgan fingerprint density at radius 3 is 2.80 bits per heavy atom. The molecule has 2 N–H and O–H groups in total. The molecular formula is C6H11NO3. The van der Waals surface area contributed by atoms with Crippen LogP contribution >= 0.6 is 0 Å². The van der Waals surface area contributed by atoms with Gasteiger partial charge < -0.3 is 9.84 Å². The van der Waals surface area contributed by atoms with Crippen LogP contribution in [0, 0.1) is 0 Å². The molecule has 10 heavy (non-hydrogen) atoms. The van der Waals surface area contributed by atoms with E-state index in [2.05, 4.69) is 5.32 Å². The van der Waals surface area contributed by atoms with Crippen LogP contribution in [0.25, 0.3) is 0 Å². The molecule has 2 fully saturated rings. The zero-order chi connectivity index (χ0) is 7.40. The average Bonchev–Trinajstić information content (AvgIpc) is 2.66. The van der Waals surface area contributed by atoms with Gasteiger partial charge in [0.25, 0.3) is 6.47 Å². The van der Waals surface area contributed by atoms with E-state index in [1.807, 2.05) is 0 Å². The Balaban J connectivity index is 0.000000148. The van der Waals surface area contributed by atoms with E-state index in [1.54, 1.807) is 0 Å². The van der Waals surface area contributed by atoms with Gasteiger partial charge in [-0.2, -0.15) is 0 Å². The maximum absolute atomic E-state index is 8.36. The second-order valence-electron chi connectivity index (χ2n) is 2.30. The first-order chi connectivity index (χ1) is 4.88. The predicted molar refractivity (Wildman–Crippen MR) is 34.6 cm³/mol. The third-order valence-corrected chi connectivity index (χ3v) is 1.59. The van der Waals surface area contributed by atoms with Crippen molar-refractivity contribution in [2.75, 3.05) is 6.54 Å². The summed E-state index contributed by atoms with van der Waals surface area (Å²) >= 11 is 0. The monoisotopic (exact) mass is 145 g/mol. The Morgan fingerprint density at radius 1 is 1.70 bits per heavy atom. The number of epoxide rings is 1. The summed E-state index contributed by atoms with van der Waals surface area (Å²) in [6.07, 6.45) is 3.61. The molecule has 2 aliphatic heterocycles. The summed E-state index contributed by atoms with van der Waals surface area (Å²) in [6.45, 7) is 0.904. The molecule has 0 aromatic carbocycles. The van der Waals surface area contributed by atoms with Crippen LogP contribution in [0.4, 0.5) is 0 Å². The van der Waals surface area contributed by atoms with E-state index in [0.717, 1.165) is 6.54 Å². The van der Waals surface area contributed by atoms with Gasteiger partial charge in [0, 0.05) is 0 Å². The standard InChI is InChI=1S/C5H9NO.CH2O2/c1-2-4-5(7-4)6-3-1;2-1-3/h4-6H,1-3H2;1H,(H,2,3). The zero-order valence-corrected chi connectivity index (χ0v) is 5.62. The Bertz CT molecular complexity index is 108. The minimum absolute atomic E-state index is 0.250. The second-order valence-corrected chi connectivity index (χ2v) is 2.30. The molecule has 2 unspecified atom stereocenters. The van der Waals surface area contributed by atoms with Crippen LogP contribution in [0.5, 0.6) is 0 Å². The lowest BCUT2D eigenvalue weighted by atomic mass is 10.2. The van der Waals surface area contributed by atoms with Crippen molar-refractivity contribution < 1.29 is 14.6 Å². The highest BCUT2D eigenvalue weighted by Gasteiger charge is 2.39. The lowest BCUT2D eigenvalue weighted by molar-refractivity contribution is -0.122. The molecule has 4 nitrogen and oxygen atoms in total. The number of carbonyl (C=O) groups is 1. The molecule has 0 saturated carbocycles. The number of fused-ring (bicyclic) bond motifs is 1. The van der Waals surface area contributed by atoms with Gasteiger partial charge in [-0.05, 0) is 19.4 Å². The molecule has 0 radical (unpaired) electrons. The molecule has 0 aromatic heterocycles. The van der Waals surface area contributed by atoms with Gasteiger partial charge in [-0.15, -0.1) is 0 Å². The lowest BCUT2D eigenvalue weighted by Gasteiger charge is -2.03. The summed E-state index contributed by atoms with van der Waals surface area (Å²) in [6, 6.07) is 0. The topological polar surface area (TPSA) is 61.9 Å². The summed E-state index contributed by atoms with van der Waals surface area (Å²) < 4.78 is 5.17. The third kappa shape index (κ3) is 1.97. The van der Waals surface area contributed by atoms with Gasteiger partial charge in [-0.3, -0.25) is 10.1 Å². The van der Waals surface area contributed by atoms with E-state index in [-0.39, 0.29) is 6.47 Å².